The molecule has 5 rings (SSSR count). The van der Waals surface area contributed by atoms with Crippen LogP contribution in [0.5, 0.6) is 0 Å². The van der Waals surface area contributed by atoms with Gasteiger partial charge in [0.1, 0.15) is 11.7 Å². The van der Waals surface area contributed by atoms with Crippen LogP contribution in [0.15, 0.2) is 66.7 Å². The topological polar surface area (TPSA) is 126 Å². The van der Waals surface area contributed by atoms with Gasteiger partial charge in [-0.25, -0.2) is 4.98 Å². The minimum absolute atomic E-state index is 0.0298. The third-order valence-electron chi connectivity index (χ3n) is 8.64. The molecule has 2 heterocycles. The van der Waals surface area contributed by atoms with Crippen LogP contribution in [0.25, 0.3) is 11.0 Å². The maximum absolute atomic E-state index is 13.9. The molecule has 0 spiro atoms. The lowest BCUT2D eigenvalue weighted by Crippen LogP contribution is -2.37. The monoisotopic (exact) mass is 609 g/mol. The average Bonchev–Trinajstić information content (AvgIpc) is 3.42. The van der Waals surface area contributed by atoms with E-state index in [1.807, 2.05) is 53.4 Å². The fourth-order valence-electron chi connectivity index (χ4n) is 5.92. The quantitative estimate of drug-likeness (QED) is 0.132. The van der Waals surface area contributed by atoms with Crippen molar-refractivity contribution in [1.29, 1.82) is 5.41 Å². The van der Waals surface area contributed by atoms with Crippen LogP contribution in [0.4, 0.5) is 0 Å². The summed E-state index contributed by atoms with van der Waals surface area (Å²) >= 11 is 0. The number of nitrogens with one attached hydrogen (secondary N) is 1. The number of aromatic nitrogens is 2. The molecular weight excluding hydrogens is 562 g/mol. The van der Waals surface area contributed by atoms with Gasteiger partial charge in [0.25, 0.3) is 5.91 Å². The van der Waals surface area contributed by atoms with Gasteiger partial charge < -0.3 is 25.7 Å². The van der Waals surface area contributed by atoms with Crippen LogP contribution in [-0.4, -0.2) is 70.5 Å². The number of fused-ring (bicyclic) bond motifs is 1. The molecule has 0 aliphatic carbocycles. The standard InChI is InChI=1S/C36H47N7O2/c1-2-3-18-42(26-29-7-5-28(25-37)6-8-29)36(44)31-14-15-33-32(24-31)40-34(16-11-27-9-12-30(13-10-27)35(38)39)43(33)19-4-17-41-20-22-45-23-21-41/h5-10,12-15,24H,2-4,11,16-23,25-26,37H2,1H3,(H3,38,39). The normalized spacial score (nSPS) is 13.7. The lowest BCUT2D eigenvalue weighted by Gasteiger charge is -2.26. The van der Waals surface area contributed by atoms with Crippen molar-refractivity contribution < 1.29 is 9.53 Å². The van der Waals surface area contributed by atoms with E-state index in [-0.39, 0.29) is 11.7 Å². The third-order valence-corrected chi connectivity index (χ3v) is 8.64. The first-order valence-corrected chi connectivity index (χ1v) is 16.2. The van der Waals surface area contributed by atoms with E-state index in [1.54, 1.807) is 0 Å². The number of carbonyl (C=O) groups excluding carboxylic acids is 1. The van der Waals surface area contributed by atoms with Gasteiger partial charge in [-0.2, -0.15) is 0 Å². The molecule has 1 aliphatic heterocycles. The first kappa shape index (κ1) is 32.3. The van der Waals surface area contributed by atoms with Crippen molar-refractivity contribution in [3.63, 3.8) is 0 Å². The molecule has 3 aromatic carbocycles. The number of benzene rings is 3. The van der Waals surface area contributed by atoms with Crippen LogP contribution in [0, 0.1) is 5.41 Å². The Morgan fingerprint density at radius 1 is 0.911 bits per heavy atom. The van der Waals surface area contributed by atoms with Crippen molar-refractivity contribution in [1.82, 2.24) is 19.4 Å². The van der Waals surface area contributed by atoms with E-state index < -0.39 is 0 Å². The molecule has 0 bridgehead atoms. The zero-order valence-corrected chi connectivity index (χ0v) is 26.5. The Bertz CT molecular complexity index is 1560. The highest BCUT2D eigenvalue weighted by molar-refractivity contribution is 5.97. The molecule has 1 aliphatic rings. The number of imidazole rings is 1. The number of aryl methyl sites for hydroxylation is 3. The Morgan fingerprint density at radius 2 is 1.60 bits per heavy atom. The molecule has 0 saturated carbocycles. The minimum Gasteiger partial charge on any atom is -0.384 e. The summed E-state index contributed by atoms with van der Waals surface area (Å²) in [5.74, 6) is 1.13. The molecule has 1 fully saturated rings. The fraction of sp³-hybridized carbons (Fsp3) is 0.417. The van der Waals surface area contributed by atoms with E-state index in [0.717, 1.165) is 105 Å². The number of hydrogen-bond acceptors (Lipinski definition) is 6. The Balaban J connectivity index is 1.37. The molecule has 4 aromatic rings. The van der Waals surface area contributed by atoms with Crippen molar-refractivity contribution in [3.8, 4) is 0 Å². The number of amidine groups is 1. The number of ether oxygens (including phenoxy) is 1. The van der Waals surface area contributed by atoms with Crippen LogP contribution in [0.1, 0.15) is 64.6 Å². The number of nitrogens with zero attached hydrogens (tertiary/aromatic N) is 4. The molecule has 0 unspecified atom stereocenters. The van der Waals surface area contributed by atoms with E-state index >= 15 is 0 Å². The lowest BCUT2D eigenvalue weighted by molar-refractivity contribution is 0.0369. The molecule has 45 heavy (non-hydrogen) atoms. The van der Waals surface area contributed by atoms with Crippen LogP contribution in [0.3, 0.4) is 0 Å². The second-order valence-electron chi connectivity index (χ2n) is 11.9. The van der Waals surface area contributed by atoms with Gasteiger partial charge in [-0.05, 0) is 54.2 Å². The van der Waals surface area contributed by atoms with Gasteiger partial charge in [0.05, 0.1) is 24.2 Å². The van der Waals surface area contributed by atoms with E-state index in [2.05, 4.69) is 34.6 Å². The summed E-state index contributed by atoms with van der Waals surface area (Å²) in [6, 6.07) is 22.1. The summed E-state index contributed by atoms with van der Waals surface area (Å²) in [5.41, 5.74) is 18.1. The first-order valence-electron chi connectivity index (χ1n) is 16.2. The lowest BCUT2D eigenvalue weighted by atomic mass is 10.1. The Kier molecular flexibility index (Phi) is 11.4. The average molecular weight is 610 g/mol. The summed E-state index contributed by atoms with van der Waals surface area (Å²) in [6.07, 6.45) is 4.58. The first-order chi connectivity index (χ1) is 21.9. The Morgan fingerprint density at radius 3 is 2.29 bits per heavy atom. The second-order valence-corrected chi connectivity index (χ2v) is 11.9. The predicted molar refractivity (Wildman–Crippen MR) is 180 cm³/mol. The van der Waals surface area contributed by atoms with Crippen LogP contribution < -0.4 is 11.5 Å². The molecule has 238 valence electrons. The zero-order valence-electron chi connectivity index (χ0n) is 26.5. The van der Waals surface area contributed by atoms with Gasteiger partial charge in [-0.3, -0.25) is 15.1 Å². The van der Waals surface area contributed by atoms with E-state index in [4.69, 9.17) is 26.6 Å². The fourth-order valence-corrected chi connectivity index (χ4v) is 5.92. The summed E-state index contributed by atoms with van der Waals surface area (Å²) in [4.78, 5) is 23.4. The van der Waals surface area contributed by atoms with E-state index in [1.165, 1.54) is 5.56 Å². The summed E-state index contributed by atoms with van der Waals surface area (Å²) in [5, 5.41) is 7.67. The highest BCUT2D eigenvalue weighted by Gasteiger charge is 2.19. The van der Waals surface area contributed by atoms with Crippen molar-refractivity contribution in [2.75, 3.05) is 39.4 Å². The Labute approximate surface area is 266 Å². The van der Waals surface area contributed by atoms with Gasteiger partial charge in [-0.1, -0.05) is 61.9 Å². The zero-order chi connectivity index (χ0) is 31.6. The molecule has 1 amide bonds. The number of carbonyl (C=O) groups is 1. The van der Waals surface area contributed by atoms with Gasteiger partial charge in [0.2, 0.25) is 0 Å². The molecule has 1 saturated heterocycles. The van der Waals surface area contributed by atoms with Crippen LogP contribution >= 0.6 is 0 Å². The molecule has 9 heteroatoms. The minimum atomic E-state index is 0.0298. The number of morpholine rings is 1. The van der Waals surface area contributed by atoms with Crippen molar-refractivity contribution >= 4 is 22.8 Å². The number of amides is 1. The number of hydrogen-bond donors (Lipinski definition) is 3. The molecule has 1 aromatic heterocycles. The smallest absolute Gasteiger partial charge is 0.254 e. The van der Waals surface area contributed by atoms with Gasteiger partial charge in [-0.15, -0.1) is 0 Å². The third kappa shape index (κ3) is 8.57. The number of nitrogen functional groups attached to an aromatic ring is 1. The summed E-state index contributed by atoms with van der Waals surface area (Å²) in [7, 11) is 0. The molecule has 9 nitrogen and oxygen atoms in total. The van der Waals surface area contributed by atoms with E-state index in [9.17, 15) is 4.79 Å². The predicted octanol–water partition coefficient (Wildman–Crippen LogP) is 4.73. The van der Waals surface area contributed by atoms with Gasteiger partial charge in [0, 0.05) is 63.4 Å². The largest absolute Gasteiger partial charge is 0.384 e. The maximum Gasteiger partial charge on any atom is 0.254 e. The SMILES string of the molecule is CCCCN(Cc1ccc(CN)cc1)C(=O)c1ccc2c(c1)nc(CCc1ccc(C(=N)N)cc1)n2CCCN1CCOCC1. The highest BCUT2D eigenvalue weighted by Crippen LogP contribution is 2.22. The molecular formula is C36H47N7O2. The van der Waals surface area contributed by atoms with E-state index in [0.29, 0.717) is 25.2 Å². The molecule has 0 atom stereocenters. The molecule has 5 N–H and O–H groups in total. The van der Waals surface area contributed by atoms with Gasteiger partial charge >= 0.3 is 0 Å². The second kappa shape index (κ2) is 15.8. The summed E-state index contributed by atoms with van der Waals surface area (Å²) in [6.45, 7) is 9.35. The van der Waals surface area contributed by atoms with Crippen molar-refractivity contribution in [2.45, 2.75) is 58.7 Å². The number of nitrogens with two attached hydrogens (primary N) is 2. The summed E-state index contributed by atoms with van der Waals surface area (Å²) < 4.78 is 7.86. The molecule has 0 radical (unpaired) electrons. The number of unbranched alkanes of at least 4 members (excludes halogenated alkanes) is 1. The van der Waals surface area contributed by atoms with Crippen LogP contribution in [-0.2, 0) is 37.2 Å². The van der Waals surface area contributed by atoms with Crippen molar-refractivity contribution in [2.24, 2.45) is 11.5 Å². The highest BCUT2D eigenvalue weighted by atomic mass is 16.5. The Hall–Kier alpha value is -4.05. The number of rotatable bonds is 15. The van der Waals surface area contributed by atoms with Crippen molar-refractivity contribution in [3.05, 3.63) is 100 Å². The maximum atomic E-state index is 13.9. The van der Waals surface area contributed by atoms with Gasteiger partial charge in [0.15, 0.2) is 0 Å². The van der Waals surface area contributed by atoms with Crippen LogP contribution in [0.2, 0.25) is 0 Å².